The number of rotatable bonds is 4. The highest BCUT2D eigenvalue weighted by Gasteiger charge is 2.17. The van der Waals surface area contributed by atoms with E-state index >= 15 is 0 Å². The van der Waals surface area contributed by atoms with Crippen LogP contribution in [-0.4, -0.2) is 16.0 Å². The highest BCUT2D eigenvalue weighted by atomic mass is 35.5. The molecule has 154 valence electrons. The summed E-state index contributed by atoms with van der Waals surface area (Å²) < 4.78 is 27.7. The van der Waals surface area contributed by atoms with E-state index in [0.717, 1.165) is 17.7 Å². The molecule has 0 aliphatic heterocycles. The van der Waals surface area contributed by atoms with Gasteiger partial charge < -0.3 is 10.6 Å². The first-order valence-corrected chi connectivity index (χ1v) is 9.60. The van der Waals surface area contributed by atoms with Gasteiger partial charge in [-0.15, -0.1) is 0 Å². The molecule has 0 bridgehead atoms. The highest BCUT2D eigenvalue weighted by Crippen LogP contribution is 2.33. The van der Waals surface area contributed by atoms with E-state index in [1.807, 2.05) is 30.3 Å². The summed E-state index contributed by atoms with van der Waals surface area (Å²) in [7, 11) is 0. The molecule has 0 fully saturated rings. The number of carbonyl (C=O) groups is 1. The van der Waals surface area contributed by atoms with Crippen molar-refractivity contribution in [2.75, 3.05) is 10.6 Å². The summed E-state index contributed by atoms with van der Waals surface area (Å²) in [4.78, 5) is 21.4. The SMILES string of the molecule is O=C(Nc1cnc(-c2ccccc2)nc1-c1ccccc1Cl)Nc1c(F)cccc1F. The molecule has 0 aliphatic rings. The summed E-state index contributed by atoms with van der Waals surface area (Å²) in [6.07, 6.45) is 1.42. The fourth-order valence-electron chi connectivity index (χ4n) is 2.94. The highest BCUT2D eigenvalue weighted by molar-refractivity contribution is 6.33. The molecule has 0 spiro atoms. The van der Waals surface area contributed by atoms with E-state index in [9.17, 15) is 13.6 Å². The fourth-order valence-corrected chi connectivity index (χ4v) is 3.17. The van der Waals surface area contributed by atoms with Gasteiger partial charge >= 0.3 is 6.03 Å². The van der Waals surface area contributed by atoms with Gasteiger partial charge in [-0.25, -0.2) is 23.5 Å². The molecule has 3 aromatic carbocycles. The Bertz CT molecular complexity index is 1230. The molecule has 1 heterocycles. The van der Waals surface area contributed by atoms with Crippen molar-refractivity contribution < 1.29 is 13.6 Å². The number of hydrogen-bond donors (Lipinski definition) is 2. The number of hydrogen-bond acceptors (Lipinski definition) is 3. The van der Waals surface area contributed by atoms with E-state index in [1.165, 1.54) is 12.3 Å². The number of carbonyl (C=O) groups excluding carboxylic acids is 1. The van der Waals surface area contributed by atoms with Crippen molar-refractivity contribution in [2.45, 2.75) is 0 Å². The lowest BCUT2D eigenvalue weighted by Gasteiger charge is -2.14. The van der Waals surface area contributed by atoms with Gasteiger partial charge in [-0.3, -0.25) is 0 Å². The van der Waals surface area contributed by atoms with Gasteiger partial charge in [0.15, 0.2) is 5.82 Å². The second kappa shape index (κ2) is 8.89. The number of para-hydroxylation sites is 1. The number of amides is 2. The minimum absolute atomic E-state index is 0.224. The lowest BCUT2D eigenvalue weighted by Crippen LogP contribution is -2.21. The average Bonchev–Trinajstić information content (AvgIpc) is 2.78. The van der Waals surface area contributed by atoms with Gasteiger partial charge in [0.1, 0.15) is 17.3 Å². The van der Waals surface area contributed by atoms with Crippen molar-refractivity contribution in [1.82, 2.24) is 9.97 Å². The average molecular weight is 437 g/mol. The van der Waals surface area contributed by atoms with Gasteiger partial charge in [0, 0.05) is 11.1 Å². The Morgan fingerprint density at radius 3 is 2.23 bits per heavy atom. The zero-order valence-electron chi connectivity index (χ0n) is 15.9. The maximum Gasteiger partial charge on any atom is 0.323 e. The number of anilines is 2. The van der Waals surface area contributed by atoms with Crippen LogP contribution in [0.4, 0.5) is 25.0 Å². The Balaban J connectivity index is 1.71. The molecule has 4 aromatic rings. The third-order valence-electron chi connectivity index (χ3n) is 4.40. The van der Waals surface area contributed by atoms with Gasteiger partial charge in [-0.2, -0.15) is 0 Å². The van der Waals surface area contributed by atoms with Crippen LogP contribution in [0.2, 0.25) is 5.02 Å². The molecule has 0 unspecified atom stereocenters. The van der Waals surface area contributed by atoms with E-state index in [4.69, 9.17) is 11.6 Å². The summed E-state index contributed by atoms with van der Waals surface area (Å²) in [6, 6.07) is 18.7. The fraction of sp³-hybridized carbons (Fsp3) is 0. The van der Waals surface area contributed by atoms with Gasteiger partial charge in [-0.1, -0.05) is 66.2 Å². The summed E-state index contributed by atoms with van der Waals surface area (Å²) in [6.45, 7) is 0. The third kappa shape index (κ3) is 4.51. The number of urea groups is 1. The molecule has 1 aromatic heterocycles. The number of benzene rings is 3. The number of halogens is 3. The minimum Gasteiger partial charge on any atom is -0.304 e. The van der Waals surface area contributed by atoms with Gasteiger partial charge in [0.25, 0.3) is 0 Å². The van der Waals surface area contributed by atoms with Crippen LogP contribution in [0.15, 0.2) is 79.0 Å². The van der Waals surface area contributed by atoms with E-state index in [1.54, 1.807) is 24.3 Å². The lowest BCUT2D eigenvalue weighted by atomic mass is 10.1. The molecule has 2 N–H and O–H groups in total. The Hall–Kier alpha value is -3.84. The van der Waals surface area contributed by atoms with Gasteiger partial charge in [-0.05, 0) is 18.2 Å². The van der Waals surface area contributed by atoms with Crippen molar-refractivity contribution in [3.05, 3.63) is 95.7 Å². The maximum atomic E-state index is 13.9. The van der Waals surface area contributed by atoms with Crippen molar-refractivity contribution in [3.8, 4) is 22.6 Å². The molecular weight excluding hydrogens is 422 g/mol. The molecule has 8 heteroatoms. The quantitative estimate of drug-likeness (QED) is 0.389. The Kier molecular flexibility index (Phi) is 5.86. The molecular formula is C23H15ClF2N4O. The normalized spacial score (nSPS) is 10.5. The van der Waals surface area contributed by atoms with E-state index in [0.29, 0.717) is 22.1 Å². The molecule has 0 radical (unpaired) electrons. The Morgan fingerprint density at radius 1 is 0.839 bits per heavy atom. The van der Waals surface area contributed by atoms with Gasteiger partial charge in [0.2, 0.25) is 0 Å². The number of nitrogens with one attached hydrogen (secondary N) is 2. The summed E-state index contributed by atoms with van der Waals surface area (Å²) >= 11 is 6.35. The standard InChI is InChI=1S/C23H15ClF2N4O/c24-16-10-5-4-9-15(16)20-19(13-27-22(29-20)14-7-2-1-3-8-14)28-23(31)30-21-17(25)11-6-12-18(21)26/h1-13H,(H2,28,30,31). The topological polar surface area (TPSA) is 66.9 Å². The zero-order chi connectivity index (χ0) is 21.8. The number of aromatic nitrogens is 2. The first-order valence-electron chi connectivity index (χ1n) is 9.22. The van der Waals surface area contributed by atoms with E-state index in [-0.39, 0.29) is 5.69 Å². The maximum absolute atomic E-state index is 13.9. The van der Waals surface area contributed by atoms with Crippen LogP contribution in [-0.2, 0) is 0 Å². The largest absolute Gasteiger partial charge is 0.323 e. The zero-order valence-corrected chi connectivity index (χ0v) is 16.7. The summed E-state index contributed by atoms with van der Waals surface area (Å²) in [5.74, 6) is -1.35. The van der Waals surface area contributed by atoms with E-state index < -0.39 is 23.4 Å². The van der Waals surface area contributed by atoms with Crippen molar-refractivity contribution in [3.63, 3.8) is 0 Å². The molecule has 5 nitrogen and oxygen atoms in total. The molecule has 0 atom stereocenters. The Morgan fingerprint density at radius 2 is 1.52 bits per heavy atom. The van der Waals surface area contributed by atoms with Crippen LogP contribution in [0.25, 0.3) is 22.6 Å². The first kappa shape index (κ1) is 20.4. The Labute approximate surface area is 181 Å². The van der Waals surface area contributed by atoms with Crippen molar-refractivity contribution in [2.24, 2.45) is 0 Å². The van der Waals surface area contributed by atoms with Crippen molar-refractivity contribution >= 4 is 29.0 Å². The second-order valence-corrected chi connectivity index (χ2v) is 6.88. The van der Waals surface area contributed by atoms with Crippen LogP contribution >= 0.6 is 11.6 Å². The van der Waals surface area contributed by atoms with Crippen LogP contribution in [0.3, 0.4) is 0 Å². The van der Waals surface area contributed by atoms with E-state index in [2.05, 4.69) is 20.6 Å². The molecule has 31 heavy (non-hydrogen) atoms. The van der Waals surface area contributed by atoms with Crippen molar-refractivity contribution in [1.29, 1.82) is 0 Å². The van der Waals surface area contributed by atoms with Crippen LogP contribution < -0.4 is 10.6 Å². The predicted molar refractivity (Wildman–Crippen MR) is 117 cm³/mol. The predicted octanol–water partition coefficient (Wildman–Crippen LogP) is 6.39. The monoisotopic (exact) mass is 436 g/mol. The molecule has 0 saturated carbocycles. The molecule has 0 aliphatic carbocycles. The van der Waals surface area contributed by atoms with Crippen LogP contribution in [0.5, 0.6) is 0 Å². The summed E-state index contributed by atoms with van der Waals surface area (Å²) in [5, 5.41) is 5.15. The smallest absolute Gasteiger partial charge is 0.304 e. The van der Waals surface area contributed by atoms with Crippen LogP contribution in [0.1, 0.15) is 0 Å². The van der Waals surface area contributed by atoms with Gasteiger partial charge in [0.05, 0.1) is 22.6 Å². The number of nitrogens with zero attached hydrogens (tertiary/aromatic N) is 2. The second-order valence-electron chi connectivity index (χ2n) is 6.48. The molecule has 0 saturated heterocycles. The molecule has 2 amide bonds. The van der Waals surface area contributed by atoms with Crippen LogP contribution in [0, 0.1) is 11.6 Å². The minimum atomic E-state index is -0.892. The summed E-state index contributed by atoms with van der Waals surface area (Å²) in [5.41, 5.74) is 1.38. The first-order chi connectivity index (χ1) is 15.0. The lowest BCUT2D eigenvalue weighted by molar-refractivity contribution is 0.262. The third-order valence-corrected chi connectivity index (χ3v) is 4.73. The molecule has 4 rings (SSSR count).